The number of benzene rings is 1. The summed E-state index contributed by atoms with van der Waals surface area (Å²) in [5, 5.41) is 9.81. The minimum absolute atomic E-state index is 0.0633. The molecule has 0 bridgehead atoms. The van der Waals surface area contributed by atoms with Crippen LogP contribution in [0.15, 0.2) is 24.3 Å². The van der Waals surface area contributed by atoms with Crippen LogP contribution in [0.3, 0.4) is 0 Å². The highest BCUT2D eigenvalue weighted by atomic mass is 16.5. The second kappa shape index (κ2) is 6.29. The summed E-state index contributed by atoms with van der Waals surface area (Å²) in [7, 11) is 3.79. The molecule has 0 radical (unpaired) electrons. The van der Waals surface area contributed by atoms with Gasteiger partial charge in [0.15, 0.2) is 0 Å². The summed E-state index contributed by atoms with van der Waals surface area (Å²) in [6.45, 7) is 1.18. The van der Waals surface area contributed by atoms with E-state index in [1.165, 1.54) is 19.3 Å². The summed E-state index contributed by atoms with van der Waals surface area (Å²) in [6.07, 6.45) is 6.03. The van der Waals surface area contributed by atoms with Crippen molar-refractivity contribution in [2.75, 3.05) is 32.2 Å². The molecule has 3 heteroatoms. The Labute approximate surface area is 116 Å². The van der Waals surface area contributed by atoms with Crippen molar-refractivity contribution >= 4 is 5.69 Å². The van der Waals surface area contributed by atoms with Crippen molar-refractivity contribution in [1.29, 1.82) is 0 Å². The number of ether oxygens (including phenoxy) is 1. The maximum Gasteiger partial charge on any atom is 0.142 e. The van der Waals surface area contributed by atoms with E-state index in [1.807, 2.05) is 18.2 Å². The molecule has 0 unspecified atom stereocenters. The maximum absolute atomic E-state index is 9.81. The predicted molar refractivity (Wildman–Crippen MR) is 78.9 cm³/mol. The second-order valence-electron chi connectivity index (χ2n) is 5.75. The van der Waals surface area contributed by atoms with Crippen molar-refractivity contribution in [3.8, 4) is 5.75 Å². The number of hydrogen-bond acceptors (Lipinski definition) is 3. The molecule has 1 aliphatic rings. The lowest BCUT2D eigenvalue weighted by Crippen LogP contribution is -2.40. The molecule has 0 amide bonds. The Hall–Kier alpha value is -1.22. The topological polar surface area (TPSA) is 32.7 Å². The van der Waals surface area contributed by atoms with E-state index in [2.05, 4.69) is 18.0 Å². The lowest BCUT2D eigenvalue weighted by atomic mass is 9.74. The third-order valence-corrected chi connectivity index (χ3v) is 4.32. The van der Waals surface area contributed by atoms with Crippen LogP contribution in [-0.4, -0.2) is 32.4 Å². The van der Waals surface area contributed by atoms with E-state index in [-0.39, 0.29) is 12.0 Å². The van der Waals surface area contributed by atoms with Crippen LogP contribution >= 0.6 is 0 Å². The zero-order chi connectivity index (χ0) is 13.7. The minimum atomic E-state index is 0.0633. The SMILES string of the molecule is COc1ccccc1N(C)CC1(CO)CCCCC1. The average Bonchev–Trinajstić information content (AvgIpc) is 2.48. The number of anilines is 1. The predicted octanol–water partition coefficient (Wildman–Crippen LogP) is 3.07. The summed E-state index contributed by atoms with van der Waals surface area (Å²) in [4.78, 5) is 2.22. The third-order valence-electron chi connectivity index (χ3n) is 4.32. The molecule has 106 valence electrons. The number of para-hydroxylation sites is 2. The van der Waals surface area contributed by atoms with E-state index >= 15 is 0 Å². The molecule has 0 atom stereocenters. The maximum atomic E-state index is 9.81. The molecule has 1 aromatic rings. The Morgan fingerprint density at radius 2 is 1.89 bits per heavy atom. The van der Waals surface area contributed by atoms with Gasteiger partial charge >= 0.3 is 0 Å². The Kier molecular flexibility index (Phi) is 4.70. The van der Waals surface area contributed by atoms with Gasteiger partial charge in [-0.1, -0.05) is 31.4 Å². The van der Waals surface area contributed by atoms with Gasteiger partial charge in [0.2, 0.25) is 0 Å². The fourth-order valence-corrected chi connectivity index (χ4v) is 3.20. The number of rotatable bonds is 5. The van der Waals surface area contributed by atoms with Gasteiger partial charge in [0.05, 0.1) is 19.4 Å². The molecule has 2 rings (SSSR count). The first-order valence-electron chi connectivity index (χ1n) is 7.16. The highest BCUT2D eigenvalue weighted by Crippen LogP contribution is 2.38. The lowest BCUT2D eigenvalue weighted by molar-refractivity contribution is 0.0890. The van der Waals surface area contributed by atoms with Gasteiger partial charge in [0.25, 0.3) is 0 Å². The number of aliphatic hydroxyl groups excluding tert-OH is 1. The van der Waals surface area contributed by atoms with Gasteiger partial charge < -0.3 is 14.7 Å². The van der Waals surface area contributed by atoms with Crippen LogP contribution in [0.1, 0.15) is 32.1 Å². The van der Waals surface area contributed by atoms with Crippen LogP contribution in [0.4, 0.5) is 5.69 Å². The van der Waals surface area contributed by atoms with Crippen LogP contribution in [0.25, 0.3) is 0 Å². The fraction of sp³-hybridized carbons (Fsp3) is 0.625. The van der Waals surface area contributed by atoms with Crippen molar-refractivity contribution in [2.24, 2.45) is 5.41 Å². The molecule has 1 N–H and O–H groups in total. The van der Waals surface area contributed by atoms with E-state index in [4.69, 9.17) is 4.74 Å². The van der Waals surface area contributed by atoms with Crippen LogP contribution in [0.5, 0.6) is 5.75 Å². The van der Waals surface area contributed by atoms with Gasteiger partial charge in [-0.25, -0.2) is 0 Å². The van der Waals surface area contributed by atoms with Gasteiger partial charge in [0, 0.05) is 19.0 Å². The van der Waals surface area contributed by atoms with Crippen LogP contribution < -0.4 is 9.64 Å². The summed E-state index contributed by atoms with van der Waals surface area (Å²) < 4.78 is 5.42. The number of aliphatic hydroxyl groups is 1. The van der Waals surface area contributed by atoms with E-state index in [9.17, 15) is 5.11 Å². The summed E-state index contributed by atoms with van der Waals surface area (Å²) in [5.41, 5.74) is 1.16. The standard InChI is InChI=1S/C16H25NO2/c1-17(14-8-4-5-9-15(14)19-2)12-16(13-18)10-6-3-7-11-16/h4-5,8-9,18H,3,6-7,10-13H2,1-2H3. The normalized spacial score (nSPS) is 18.1. The van der Waals surface area contributed by atoms with E-state index in [0.29, 0.717) is 0 Å². The average molecular weight is 263 g/mol. The van der Waals surface area contributed by atoms with Crippen molar-refractivity contribution in [2.45, 2.75) is 32.1 Å². The highest BCUT2D eigenvalue weighted by Gasteiger charge is 2.33. The zero-order valence-electron chi connectivity index (χ0n) is 12.1. The van der Waals surface area contributed by atoms with Gasteiger partial charge in [0.1, 0.15) is 5.75 Å². The molecule has 0 spiro atoms. The highest BCUT2D eigenvalue weighted by molar-refractivity contribution is 5.58. The molecule has 3 nitrogen and oxygen atoms in total. The molecule has 1 fully saturated rings. The molecule has 0 aliphatic heterocycles. The largest absolute Gasteiger partial charge is 0.495 e. The van der Waals surface area contributed by atoms with Gasteiger partial charge in [-0.15, -0.1) is 0 Å². The van der Waals surface area contributed by atoms with E-state index in [1.54, 1.807) is 7.11 Å². The molecule has 1 saturated carbocycles. The van der Waals surface area contributed by atoms with Crippen molar-refractivity contribution in [1.82, 2.24) is 0 Å². The molecule has 19 heavy (non-hydrogen) atoms. The second-order valence-corrected chi connectivity index (χ2v) is 5.75. The molecule has 0 aromatic heterocycles. The third kappa shape index (κ3) is 3.21. The molecular weight excluding hydrogens is 238 g/mol. The molecular formula is C16H25NO2. The van der Waals surface area contributed by atoms with Crippen LogP contribution in [0, 0.1) is 5.41 Å². The number of nitrogens with zero attached hydrogens (tertiary/aromatic N) is 1. The Bertz CT molecular complexity index is 399. The molecule has 1 aliphatic carbocycles. The first-order valence-corrected chi connectivity index (χ1v) is 7.16. The molecule has 0 saturated heterocycles. The Morgan fingerprint density at radius 3 is 2.53 bits per heavy atom. The number of hydrogen-bond donors (Lipinski definition) is 1. The monoisotopic (exact) mass is 263 g/mol. The van der Waals surface area contributed by atoms with Gasteiger partial charge in [-0.2, -0.15) is 0 Å². The van der Waals surface area contributed by atoms with Crippen molar-refractivity contribution < 1.29 is 9.84 Å². The van der Waals surface area contributed by atoms with E-state index < -0.39 is 0 Å². The zero-order valence-corrected chi connectivity index (χ0v) is 12.1. The molecule has 1 aromatic carbocycles. The van der Waals surface area contributed by atoms with Crippen molar-refractivity contribution in [3.63, 3.8) is 0 Å². The first-order chi connectivity index (χ1) is 9.21. The van der Waals surface area contributed by atoms with Gasteiger partial charge in [-0.05, 0) is 25.0 Å². The smallest absolute Gasteiger partial charge is 0.142 e. The van der Waals surface area contributed by atoms with Gasteiger partial charge in [-0.3, -0.25) is 0 Å². The molecule has 0 heterocycles. The lowest BCUT2D eigenvalue weighted by Gasteiger charge is -2.39. The fourth-order valence-electron chi connectivity index (χ4n) is 3.20. The Balaban J connectivity index is 2.12. The number of methoxy groups -OCH3 is 1. The summed E-state index contributed by atoms with van der Waals surface area (Å²) in [5.74, 6) is 0.897. The summed E-state index contributed by atoms with van der Waals surface area (Å²) in [6, 6.07) is 8.07. The van der Waals surface area contributed by atoms with Crippen LogP contribution in [-0.2, 0) is 0 Å². The van der Waals surface area contributed by atoms with Crippen LogP contribution in [0.2, 0.25) is 0 Å². The van der Waals surface area contributed by atoms with Crippen molar-refractivity contribution in [3.05, 3.63) is 24.3 Å². The quantitative estimate of drug-likeness (QED) is 0.886. The first kappa shape index (κ1) is 14.2. The summed E-state index contributed by atoms with van der Waals surface area (Å²) >= 11 is 0. The Morgan fingerprint density at radius 1 is 1.21 bits per heavy atom. The minimum Gasteiger partial charge on any atom is -0.495 e. The van der Waals surface area contributed by atoms with E-state index in [0.717, 1.165) is 30.8 Å².